The maximum absolute atomic E-state index is 5.82. The third kappa shape index (κ3) is 9.15. The van der Waals surface area contributed by atoms with Gasteiger partial charge in [0.15, 0.2) is 9.04 Å². The molecule has 0 atom stereocenters. The first-order valence-electron chi connectivity index (χ1n) is 4.67. The Bertz CT molecular complexity index is 131. The highest BCUT2D eigenvalue weighted by Crippen LogP contribution is 2.09. The Labute approximate surface area is 93.1 Å². The van der Waals surface area contributed by atoms with Crippen LogP contribution in [0.2, 0.25) is 26.2 Å². The van der Waals surface area contributed by atoms with Crippen molar-refractivity contribution < 1.29 is 8.54 Å². The Hall–Kier alpha value is 0.834. The van der Waals surface area contributed by atoms with Crippen LogP contribution in [-0.4, -0.2) is 29.5 Å². The zero-order valence-electron chi connectivity index (χ0n) is 9.02. The van der Waals surface area contributed by atoms with Gasteiger partial charge in [0, 0.05) is 11.9 Å². The average molecular weight is 284 g/mol. The largest absolute Gasteiger partial charge is 0.436 e. The Morgan fingerprint density at radius 1 is 1.23 bits per heavy atom. The summed E-state index contributed by atoms with van der Waals surface area (Å²) in [7, 11) is -2.39. The van der Waals surface area contributed by atoms with Crippen molar-refractivity contribution in [1.29, 1.82) is 0 Å². The normalized spacial score (nSPS) is 12.5. The smallest absolute Gasteiger partial charge is 0.321 e. The standard InChI is InChI=1S/C8H20BrO2Si2/c1-12(2)11-13(3,4)10-8-6-5-7-9/h5-8H2,1-4H3. The second-order valence-corrected chi connectivity index (χ2v) is 10.2. The van der Waals surface area contributed by atoms with Crippen LogP contribution in [0, 0.1) is 0 Å². The van der Waals surface area contributed by atoms with Crippen molar-refractivity contribution in [3.05, 3.63) is 0 Å². The Balaban J connectivity index is 3.50. The van der Waals surface area contributed by atoms with Crippen LogP contribution >= 0.6 is 15.9 Å². The summed E-state index contributed by atoms with van der Waals surface area (Å²) in [5, 5.41) is 1.07. The maximum Gasteiger partial charge on any atom is 0.321 e. The molecule has 79 valence electrons. The van der Waals surface area contributed by atoms with Crippen LogP contribution in [0.15, 0.2) is 0 Å². The summed E-state index contributed by atoms with van der Waals surface area (Å²) in [5.41, 5.74) is 0. The topological polar surface area (TPSA) is 18.5 Å². The first-order valence-corrected chi connectivity index (χ1v) is 11.0. The molecule has 0 aromatic rings. The molecule has 0 aliphatic carbocycles. The highest BCUT2D eigenvalue weighted by atomic mass is 79.9. The van der Waals surface area contributed by atoms with Gasteiger partial charge in [-0.1, -0.05) is 15.9 Å². The Morgan fingerprint density at radius 3 is 2.31 bits per heavy atom. The van der Waals surface area contributed by atoms with Crippen molar-refractivity contribution in [2.75, 3.05) is 11.9 Å². The van der Waals surface area contributed by atoms with Crippen LogP contribution in [0.5, 0.6) is 0 Å². The zero-order chi connectivity index (χ0) is 10.3. The lowest BCUT2D eigenvalue weighted by atomic mass is 10.4. The average Bonchev–Trinajstić information content (AvgIpc) is 1.95. The minimum Gasteiger partial charge on any atom is -0.436 e. The van der Waals surface area contributed by atoms with E-state index in [1.54, 1.807) is 0 Å². The molecular weight excluding hydrogens is 264 g/mol. The van der Waals surface area contributed by atoms with Gasteiger partial charge in [-0.25, -0.2) is 0 Å². The van der Waals surface area contributed by atoms with Crippen molar-refractivity contribution in [3.8, 4) is 0 Å². The molecule has 0 aromatic carbocycles. The quantitative estimate of drug-likeness (QED) is 0.406. The van der Waals surface area contributed by atoms with Crippen LogP contribution < -0.4 is 0 Å². The van der Waals surface area contributed by atoms with E-state index >= 15 is 0 Å². The van der Waals surface area contributed by atoms with Crippen molar-refractivity contribution in [2.45, 2.75) is 39.0 Å². The molecule has 0 aromatic heterocycles. The van der Waals surface area contributed by atoms with Crippen LogP contribution in [0.1, 0.15) is 12.8 Å². The molecule has 0 saturated carbocycles. The number of alkyl halides is 1. The van der Waals surface area contributed by atoms with E-state index in [4.69, 9.17) is 8.54 Å². The van der Waals surface area contributed by atoms with Gasteiger partial charge >= 0.3 is 8.56 Å². The van der Waals surface area contributed by atoms with E-state index in [2.05, 4.69) is 42.1 Å². The first kappa shape index (κ1) is 13.8. The molecule has 0 N–H and O–H groups in total. The van der Waals surface area contributed by atoms with Gasteiger partial charge in [-0.15, -0.1) is 0 Å². The fourth-order valence-electron chi connectivity index (χ4n) is 1.04. The summed E-state index contributed by atoms with van der Waals surface area (Å²) < 4.78 is 11.6. The fraction of sp³-hybridized carbons (Fsp3) is 1.00. The van der Waals surface area contributed by atoms with Crippen LogP contribution in [0.3, 0.4) is 0 Å². The van der Waals surface area contributed by atoms with Gasteiger partial charge in [-0.2, -0.15) is 0 Å². The highest BCUT2D eigenvalue weighted by Gasteiger charge is 2.25. The van der Waals surface area contributed by atoms with Gasteiger partial charge < -0.3 is 8.54 Å². The summed E-state index contributed by atoms with van der Waals surface area (Å²) in [5.74, 6) is 0. The Morgan fingerprint density at radius 2 is 1.85 bits per heavy atom. The number of hydrogen-bond donors (Lipinski definition) is 0. The van der Waals surface area contributed by atoms with E-state index in [0.29, 0.717) is 0 Å². The second kappa shape index (κ2) is 7.17. The summed E-state index contributed by atoms with van der Waals surface area (Å²) in [6.45, 7) is 9.40. The van der Waals surface area contributed by atoms with Crippen LogP contribution in [-0.2, 0) is 8.54 Å². The predicted molar refractivity (Wildman–Crippen MR) is 65.0 cm³/mol. The molecule has 2 nitrogen and oxygen atoms in total. The minimum atomic E-state index is -1.79. The van der Waals surface area contributed by atoms with Gasteiger partial charge in [0.1, 0.15) is 0 Å². The zero-order valence-corrected chi connectivity index (χ0v) is 12.6. The molecule has 0 spiro atoms. The first-order chi connectivity index (χ1) is 5.98. The van der Waals surface area contributed by atoms with E-state index in [1.165, 1.54) is 6.42 Å². The molecule has 0 amide bonds. The molecule has 5 heteroatoms. The van der Waals surface area contributed by atoms with Gasteiger partial charge in [0.25, 0.3) is 0 Å². The molecule has 1 radical (unpaired) electrons. The van der Waals surface area contributed by atoms with Gasteiger partial charge in [-0.05, 0) is 39.0 Å². The molecule has 0 rings (SSSR count). The number of halogens is 1. The molecule has 0 aliphatic rings. The van der Waals surface area contributed by atoms with Gasteiger partial charge in [-0.3, -0.25) is 0 Å². The van der Waals surface area contributed by atoms with Crippen molar-refractivity contribution in [1.82, 2.24) is 0 Å². The lowest BCUT2D eigenvalue weighted by molar-refractivity contribution is 0.245. The van der Waals surface area contributed by atoms with E-state index < -0.39 is 17.6 Å². The van der Waals surface area contributed by atoms with Gasteiger partial charge in [0.2, 0.25) is 0 Å². The molecular formula is C8H20BrO2Si2. The number of hydrogen-bond acceptors (Lipinski definition) is 2. The molecule has 0 fully saturated rings. The van der Waals surface area contributed by atoms with Gasteiger partial charge in [0.05, 0.1) is 0 Å². The number of rotatable bonds is 7. The monoisotopic (exact) mass is 283 g/mol. The molecule has 0 unspecified atom stereocenters. The van der Waals surface area contributed by atoms with E-state index in [9.17, 15) is 0 Å². The van der Waals surface area contributed by atoms with E-state index in [-0.39, 0.29) is 0 Å². The minimum absolute atomic E-state index is 0.606. The van der Waals surface area contributed by atoms with E-state index in [0.717, 1.165) is 18.4 Å². The second-order valence-electron chi connectivity index (χ2n) is 3.65. The molecule has 13 heavy (non-hydrogen) atoms. The summed E-state index contributed by atoms with van der Waals surface area (Å²) >= 11 is 3.40. The molecule has 0 bridgehead atoms. The summed E-state index contributed by atoms with van der Waals surface area (Å²) in [6.07, 6.45) is 2.31. The van der Waals surface area contributed by atoms with E-state index in [1.807, 2.05) is 0 Å². The highest BCUT2D eigenvalue weighted by molar-refractivity contribution is 9.09. The van der Waals surface area contributed by atoms with Crippen molar-refractivity contribution in [2.24, 2.45) is 0 Å². The number of unbranched alkanes of at least 4 members (excludes halogenated alkanes) is 1. The van der Waals surface area contributed by atoms with Crippen molar-refractivity contribution >= 4 is 33.5 Å². The lowest BCUT2D eigenvalue weighted by Gasteiger charge is -2.24. The fourth-order valence-corrected chi connectivity index (χ4v) is 6.24. The third-order valence-corrected chi connectivity index (χ3v) is 6.49. The predicted octanol–water partition coefficient (Wildman–Crippen LogP) is 3.15. The Kier molecular flexibility index (Phi) is 7.63. The van der Waals surface area contributed by atoms with Crippen LogP contribution in [0.25, 0.3) is 0 Å². The SMILES string of the molecule is C[Si](C)O[Si](C)(C)OCCCCBr. The third-order valence-electron chi connectivity index (χ3n) is 1.43. The lowest BCUT2D eigenvalue weighted by Crippen LogP contribution is -2.39. The van der Waals surface area contributed by atoms with Crippen molar-refractivity contribution in [3.63, 3.8) is 0 Å². The summed E-state index contributed by atoms with van der Waals surface area (Å²) in [6, 6.07) is 0. The molecule has 0 saturated heterocycles. The van der Waals surface area contributed by atoms with Crippen LogP contribution in [0.4, 0.5) is 0 Å². The molecule has 0 aliphatic heterocycles. The maximum atomic E-state index is 5.82. The molecule has 0 heterocycles. The summed E-state index contributed by atoms with van der Waals surface area (Å²) in [4.78, 5) is 0.